The van der Waals surface area contributed by atoms with Crippen LogP contribution >= 0.6 is 0 Å². The van der Waals surface area contributed by atoms with Crippen molar-refractivity contribution in [2.75, 3.05) is 11.9 Å². The zero-order chi connectivity index (χ0) is 14.8. The van der Waals surface area contributed by atoms with E-state index in [0.717, 1.165) is 13.0 Å². The average Bonchev–Trinajstić information content (AvgIpc) is 2.93. The van der Waals surface area contributed by atoms with Crippen molar-refractivity contribution in [1.29, 1.82) is 0 Å². The lowest BCUT2D eigenvalue weighted by molar-refractivity contribution is 0.200. The highest BCUT2D eigenvalue weighted by Gasteiger charge is 2.36. The smallest absolute Gasteiger partial charge is 0.314 e. The van der Waals surface area contributed by atoms with Gasteiger partial charge in [0.1, 0.15) is 0 Å². The molecular weight excluding hydrogens is 268 g/mol. The molecule has 2 aliphatic rings. The number of carbonyl (C=O) groups excluding carboxylic acids is 1. The minimum Gasteiger partial charge on any atom is -0.314 e. The van der Waals surface area contributed by atoms with Gasteiger partial charge in [-0.05, 0) is 31.7 Å². The van der Waals surface area contributed by atoms with E-state index in [2.05, 4.69) is 10.7 Å². The van der Waals surface area contributed by atoms with Crippen molar-refractivity contribution in [3.8, 4) is 0 Å². The Labute approximate surface area is 124 Å². The Morgan fingerprint density at radius 3 is 2.95 bits per heavy atom. The zero-order valence-corrected chi connectivity index (χ0v) is 12.3. The summed E-state index contributed by atoms with van der Waals surface area (Å²) >= 11 is 0. The Kier molecular flexibility index (Phi) is 3.96. The van der Waals surface area contributed by atoms with E-state index < -0.39 is 0 Å². The number of fused-ring (bicyclic) bond motifs is 1. The lowest BCUT2D eigenvalue weighted by atomic mass is 9.86. The molecule has 2 atom stereocenters. The zero-order valence-electron chi connectivity index (χ0n) is 12.3. The van der Waals surface area contributed by atoms with Crippen LogP contribution in [-0.2, 0) is 6.54 Å². The van der Waals surface area contributed by atoms with E-state index >= 15 is 0 Å². The largest absolute Gasteiger partial charge is 0.336 e. The maximum Gasteiger partial charge on any atom is 0.336 e. The molecule has 6 heteroatoms. The number of hydrogen-bond acceptors (Lipinski definition) is 3. The number of aryl methyl sites for hydroxylation is 1. The molecule has 0 spiro atoms. The number of hydrogen-bond donors (Lipinski definition) is 2. The van der Waals surface area contributed by atoms with Gasteiger partial charge < -0.3 is 9.88 Å². The lowest BCUT2D eigenvalue weighted by Gasteiger charge is -2.22. The summed E-state index contributed by atoms with van der Waals surface area (Å²) in [4.78, 5) is 23.9. The highest BCUT2D eigenvalue weighted by Crippen LogP contribution is 2.29. The lowest BCUT2D eigenvalue weighted by Crippen LogP contribution is -2.43. The molecule has 1 aromatic rings. The topological polar surface area (TPSA) is 66.4 Å². The fourth-order valence-corrected chi connectivity index (χ4v) is 3.27. The SMILES string of the molecule is CCn1cc(NC(=O)N2CC3CCCCC3N2)ccc1=O. The second-order valence-corrected chi connectivity index (χ2v) is 5.86. The van der Waals surface area contributed by atoms with Gasteiger partial charge in [0.25, 0.3) is 5.56 Å². The molecule has 2 fully saturated rings. The van der Waals surface area contributed by atoms with Crippen molar-refractivity contribution in [3.05, 3.63) is 28.7 Å². The Hall–Kier alpha value is -1.82. The molecular formula is C15H22N4O2. The van der Waals surface area contributed by atoms with Gasteiger partial charge in [-0.2, -0.15) is 0 Å². The molecule has 2 amide bonds. The average molecular weight is 290 g/mol. The first-order valence-electron chi connectivity index (χ1n) is 7.72. The molecule has 0 aromatic carbocycles. The summed E-state index contributed by atoms with van der Waals surface area (Å²) in [5.74, 6) is 0.578. The van der Waals surface area contributed by atoms with Crippen molar-refractivity contribution in [3.63, 3.8) is 0 Å². The molecule has 0 radical (unpaired) electrons. The van der Waals surface area contributed by atoms with Crippen LogP contribution in [-0.4, -0.2) is 28.2 Å². The molecule has 3 rings (SSSR count). The van der Waals surface area contributed by atoms with Gasteiger partial charge in [0.15, 0.2) is 0 Å². The van der Waals surface area contributed by atoms with E-state index in [9.17, 15) is 9.59 Å². The first-order chi connectivity index (χ1) is 10.2. The Balaban J connectivity index is 1.65. The fraction of sp³-hybridized carbons (Fsp3) is 0.600. The summed E-state index contributed by atoms with van der Waals surface area (Å²) < 4.78 is 1.58. The number of amides is 2. The Morgan fingerprint density at radius 2 is 2.19 bits per heavy atom. The van der Waals surface area contributed by atoms with E-state index in [1.807, 2.05) is 6.92 Å². The number of carbonyl (C=O) groups is 1. The van der Waals surface area contributed by atoms with Crippen molar-refractivity contribution < 1.29 is 4.79 Å². The molecule has 1 aliphatic carbocycles. The van der Waals surface area contributed by atoms with Crippen LogP contribution in [0.1, 0.15) is 32.6 Å². The quantitative estimate of drug-likeness (QED) is 0.872. The van der Waals surface area contributed by atoms with E-state index in [-0.39, 0.29) is 11.6 Å². The van der Waals surface area contributed by atoms with Crippen LogP contribution < -0.4 is 16.3 Å². The van der Waals surface area contributed by atoms with Crippen LogP contribution in [0.3, 0.4) is 0 Å². The van der Waals surface area contributed by atoms with Crippen LogP contribution in [0.5, 0.6) is 0 Å². The first-order valence-corrected chi connectivity index (χ1v) is 7.72. The second-order valence-electron chi connectivity index (χ2n) is 5.86. The second kappa shape index (κ2) is 5.89. The first kappa shape index (κ1) is 14.1. The Morgan fingerprint density at radius 1 is 1.38 bits per heavy atom. The maximum atomic E-state index is 12.3. The highest BCUT2D eigenvalue weighted by molar-refractivity contribution is 5.88. The number of nitrogens with zero attached hydrogens (tertiary/aromatic N) is 2. The minimum atomic E-state index is -0.147. The summed E-state index contributed by atoms with van der Waals surface area (Å²) in [5, 5.41) is 4.54. The van der Waals surface area contributed by atoms with Crippen molar-refractivity contribution in [2.45, 2.75) is 45.2 Å². The number of aromatic nitrogens is 1. The predicted molar refractivity (Wildman–Crippen MR) is 81.0 cm³/mol. The standard InChI is InChI=1S/C15H22N4O2/c1-2-18-10-12(7-8-14(18)20)16-15(21)19-9-11-5-3-4-6-13(11)17-19/h7-8,10-11,13,17H,2-6,9H2,1H3,(H,16,21). The molecule has 1 aliphatic heterocycles. The third-order valence-corrected chi connectivity index (χ3v) is 4.47. The molecule has 21 heavy (non-hydrogen) atoms. The van der Waals surface area contributed by atoms with Gasteiger partial charge in [-0.3, -0.25) is 9.80 Å². The molecule has 114 valence electrons. The minimum absolute atomic E-state index is 0.0548. The van der Waals surface area contributed by atoms with Gasteiger partial charge >= 0.3 is 6.03 Å². The van der Waals surface area contributed by atoms with Crippen LogP contribution in [0.25, 0.3) is 0 Å². The van der Waals surface area contributed by atoms with Gasteiger partial charge in [-0.15, -0.1) is 0 Å². The van der Waals surface area contributed by atoms with E-state index in [1.54, 1.807) is 21.8 Å². The monoisotopic (exact) mass is 290 g/mol. The molecule has 2 heterocycles. The maximum absolute atomic E-state index is 12.3. The van der Waals surface area contributed by atoms with Crippen molar-refractivity contribution in [1.82, 2.24) is 15.0 Å². The molecule has 1 saturated carbocycles. The molecule has 1 saturated heterocycles. The van der Waals surface area contributed by atoms with Crippen LogP contribution in [0, 0.1) is 5.92 Å². The van der Waals surface area contributed by atoms with Gasteiger partial charge in [0.2, 0.25) is 0 Å². The number of hydrazine groups is 1. The molecule has 1 aromatic heterocycles. The number of nitrogens with one attached hydrogen (secondary N) is 2. The highest BCUT2D eigenvalue weighted by atomic mass is 16.2. The third-order valence-electron chi connectivity index (χ3n) is 4.47. The van der Waals surface area contributed by atoms with Gasteiger partial charge in [0.05, 0.1) is 5.69 Å². The Bertz CT molecular complexity index is 569. The van der Waals surface area contributed by atoms with Gasteiger partial charge in [-0.1, -0.05) is 12.8 Å². The van der Waals surface area contributed by atoms with Crippen molar-refractivity contribution in [2.24, 2.45) is 5.92 Å². The van der Waals surface area contributed by atoms with Gasteiger partial charge in [0, 0.05) is 31.4 Å². The summed E-state index contributed by atoms with van der Waals surface area (Å²) in [6.07, 6.45) is 6.53. The summed E-state index contributed by atoms with van der Waals surface area (Å²) in [6, 6.07) is 3.42. The number of anilines is 1. The summed E-state index contributed by atoms with van der Waals surface area (Å²) in [5.41, 5.74) is 3.90. The van der Waals surface area contributed by atoms with Crippen molar-refractivity contribution >= 4 is 11.7 Å². The normalized spacial score (nSPS) is 24.7. The molecule has 2 N–H and O–H groups in total. The van der Waals surface area contributed by atoms with Crippen LogP contribution in [0.2, 0.25) is 0 Å². The molecule has 0 bridgehead atoms. The number of urea groups is 1. The summed E-state index contributed by atoms with van der Waals surface area (Å²) in [6.45, 7) is 3.26. The number of rotatable bonds is 2. The predicted octanol–water partition coefficient (Wildman–Crippen LogP) is 1.78. The van der Waals surface area contributed by atoms with Crippen LogP contribution in [0.4, 0.5) is 10.5 Å². The number of pyridine rings is 1. The van der Waals surface area contributed by atoms with E-state index in [4.69, 9.17) is 0 Å². The fourth-order valence-electron chi connectivity index (χ4n) is 3.27. The molecule has 2 unspecified atom stereocenters. The summed E-state index contributed by atoms with van der Waals surface area (Å²) in [7, 11) is 0. The van der Waals surface area contributed by atoms with E-state index in [0.29, 0.717) is 24.2 Å². The van der Waals surface area contributed by atoms with Crippen LogP contribution in [0.15, 0.2) is 23.1 Å². The van der Waals surface area contributed by atoms with Gasteiger partial charge in [-0.25, -0.2) is 10.2 Å². The van der Waals surface area contributed by atoms with E-state index in [1.165, 1.54) is 25.3 Å². The third kappa shape index (κ3) is 2.95. The molecule has 6 nitrogen and oxygen atoms in total.